The summed E-state index contributed by atoms with van der Waals surface area (Å²) in [6.45, 7) is 7.49. The Balaban J connectivity index is 2.10. The molecule has 0 aliphatic rings. The lowest BCUT2D eigenvalue weighted by Crippen LogP contribution is -2.10. The lowest BCUT2D eigenvalue weighted by molar-refractivity contribution is 0.992. The number of hydrogen-bond donors (Lipinski definition) is 3. The molecule has 22 heavy (non-hydrogen) atoms. The maximum Gasteiger partial charge on any atom is 0.250 e. The maximum atomic E-state index is 4.26. The minimum Gasteiger partial charge on any atom is -0.354 e. The Kier molecular flexibility index (Phi) is 5.65. The zero-order chi connectivity index (χ0) is 15.8. The summed E-state index contributed by atoms with van der Waals surface area (Å²) in [5, 5.41) is 10.3. The highest BCUT2D eigenvalue weighted by atomic mass is 15.4. The normalized spacial score (nSPS) is 10.7. The Hall–Kier alpha value is -2.70. The summed E-state index contributed by atoms with van der Waals surface area (Å²) in [6, 6.07) is 8.07. The van der Waals surface area contributed by atoms with Crippen LogP contribution in [0.25, 0.3) is 0 Å². The molecule has 7 nitrogen and oxygen atoms in total. The Bertz CT molecular complexity index is 615. The molecule has 0 saturated heterocycles. The molecule has 0 amide bonds. The Morgan fingerprint density at radius 3 is 2.23 bits per heavy atom. The van der Waals surface area contributed by atoms with Crippen LogP contribution in [-0.4, -0.2) is 34.3 Å². The average molecular weight is 299 g/mol. The van der Waals surface area contributed by atoms with E-state index < -0.39 is 0 Å². The van der Waals surface area contributed by atoms with E-state index in [2.05, 4.69) is 36.1 Å². The third-order valence-corrected chi connectivity index (χ3v) is 2.73. The van der Waals surface area contributed by atoms with Crippen molar-refractivity contribution in [2.24, 2.45) is 5.10 Å². The van der Waals surface area contributed by atoms with Crippen LogP contribution in [0, 0.1) is 6.92 Å². The lowest BCUT2D eigenvalue weighted by Gasteiger charge is -2.07. The molecule has 0 bridgehead atoms. The number of rotatable bonds is 7. The number of aryl methyl sites for hydroxylation is 1. The summed E-state index contributed by atoms with van der Waals surface area (Å²) < 4.78 is 0. The van der Waals surface area contributed by atoms with E-state index in [1.165, 1.54) is 5.56 Å². The maximum absolute atomic E-state index is 4.26. The van der Waals surface area contributed by atoms with Gasteiger partial charge in [-0.3, -0.25) is 0 Å². The summed E-state index contributed by atoms with van der Waals surface area (Å²) in [5.41, 5.74) is 5.04. The van der Waals surface area contributed by atoms with Crippen molar-refractivity contribution in [3.63, 3.8) is 0 Å². The van der Waals surface area contributed by atoms with Gasteiger partial charge in [0.15, 0.2) is 0 Å². The van der Waals surface area contributed by atoms with E-state index in [4.69, 9.17) is 0 Å². The number of hydrazone groups is 1. The molecule has 0 saturated carbocycles. The van der Waals surface area contributed by atoms with Crippen LogP contribution in [0.5, 0.6) is 0 Å². The number of anilines is 3. The van der Waals surface area contributed by atoms with Crippen molar-refractivity contribution in [1.29, 1.82) is 0 Å². The molecule has 0 atom stereocenters. The van der Waals surface area contributed by atoms with Crippen LogP contribution in [0.4, 0.5) is 17.8 Å². The lowest BCUT2D eigenvalue weighted by atomic mass is 10.2. The molecule has 3 N–H and O–H groups in total. The topological polar surface area (TPSA) is 87.1 Å². The van der Waals surface area contributed by atoms with Crippen LogP contribution < -0.4 is 16.1 Å². The van der Waals surface area contributed by atoms with Crippen LogP contribution in [0.15, 0.2) is 29.4 Å². The summed E-state index contributed by atoms with van der Waals surface area (Å²) in [4.78, 5) is 12.8. The standard InChI is InChI=1S/C15H21N7/c1-4-16-13-19-14(17-5-2)21-15(20-13)22-18-10-12-8-6-7-11(3)9-12/h6-10H,4-5H2,1-3H3,(H3,16,17,19,20,21,22)/b18-10+. The van der Waals surface area contributed by atoms with Gasteiger partial charge in [-0.1, -0.05) is 29.8 Å². The summed E-state index contributed by atoms with van der Waals surface area (Å²) >= 11 is 0. The van der Waals surface area contributed by atoms with Crippen molar-refractivity contribution in [2.45, 2.75) is 20.8 Å². The zero-order valence-electron chi connectivity index (χ0n) is 13.1. The van der Waals surface area contributed by atoms with Gasteiger partial charge in [0.25, 0.3) is 0 Å². The van der Waals surface area contributed by atoms with Crippen LogP contribution in [-0.2, 0) is 0 Å². The van der Waals surface area contributed by atoms with Gasteiger partial charge in [0, 0.05) is 13.1 Å². The highest BCUT2D eigenvalue weighted by Crippen LogP contribution is 2.09. The fourth-order valence-corrected chi connectivity index (χ4v) is 1.82. The summed E-state index contributed by atoms with van der Waals surface area (Å²) in [5.74, 6) is 1.43. The minimum absolute atomic E-state index is 0.394. The molecular formula is C15H21N7. The van der Waals surface area contributed by atoms with Gasteiger partial charge in [0.05, 0.1) is 6.21 Å². The Morgan fingerprint density at radius 1 is 1.00 bits per heavy atom. The number of nitrogens with one attached hydrogen (secondary N) is 3. The van der Waals surface area contributed by atoms with E-state index in [0.717, 1.165) is 18.7 Å². The van der Waals surface area contributed by atoms with Crippen molar-refractivity contribution in [3.05, 3.63) is 35.4 Å². The van der Waals surface area contributed by atoms with Gasteiger partial charge in [0.1, 0.15) is 0 Å². The second-order valence-corrected chi connectivity index (χ2v) is 4.65. The predicted molar refractivity (Wildman–Crippen MR) is 90.6 cm³/mol. The van der Waals surface area contributed by atoms with Gasteiger partial charge >= 0.3 is 0 Å². The Labute approximate surface area is 130 Å². The molecule has 0 spiro atoms. The van der Waals surface area contributed by atoms with E-state index in [-0.39, 0.29) is 0 Å². The summed E-state index contributed by atoms with van der Waals surface area (Å²) in [7, 11) is 0. The van der Waals surface area contributed by atoms with Crippen molar-refractivity contribution in [2.75, 3.05) is 29.1 Å². The number of benzene rings is 1. The summed E-state index contributed by atoms with van der Waals surface area (Å²) in [6.07, 6.45) is 1.73. The van der Waals surface area contributed by atoms with Crippen LogP contribution in [0.1, 0.15) is 25.0 Å². The second-order valence-electron chi connectivity index (χ2n) is 4.65. The average Bonchev–Trinajstić information content (AvgIpc) is 2.48. The van der Waals surface area contributed by atoms with E-state index in [9.17, 15) is 0 Å². The number of aromatic nitrogens is 3. The van der Waals surface area contributed by atoms with Crippen molar-refractivity contribution in [1.82, 2.24) is 15.0 Å². The van der Waals surface area contributed by atoms with Gasteiger partial charge in [-0.05, 0) is 26.3 Å². The molecule has 116 valence electrons. The molecule has 0 radical (unpaired) electrons. The zero-order valence-corrected chi connectivity index (χ0v) is 13.1. The smallest absolute Gasteiger partial charge is 0.250 e. The van der Waals surface area contributed by atoms with E-state index in [0.29, 0.717) is 17.8 Å². The van der Waals surface area contributed by atoms with Crippen LogP contribution >= 0.6 is 0 Å². The van der Waals surface area contributed by atoms with E-state index in [1.807, 2.05) is 45.0 Å². The van der Waals surface area contributed by atoms with E-state index >= 15 is 0 Å². The Morgan fingerprint density at radius 2 is 1.64 bits per heavy atom. The molecule has 0 aliphatic heterocycles. The SMILES string of the molecule is CCNc1nc(NCC)nc(N/N=C/c2cccc(C)c2)n1. The molecule has 2 rings (SSSR count). The molecule has 0 fully saturated rings. The quantitative estimate of drug-likeness (QED) is 0.538. The first-order chi connectivity index (χ1) is 10.7. The third kappa shape index (κ3) is 4.69. The monoisotopic (exact) mass is 299 g/mol. The highest BCUT2D eigenvalue weighted by Gasteiger charge is 2.04. The molecular weight excluding hydrogens is 278 g/mol. The first-order valence-corrected chi connectivity index (χ1v) is 7.30. The molecule has 1 heterocycles. The van der Waals surface area contributed by atoms with Crippen LogP contribution in [0.3, 0.4) is 0 Å². The first-order valence-electron chi connectivity index (χ1n) is 7.30. The first kappa shape index (κ1) is 15.7. The molecule has 1 aromatic heterocycles. The van der Waals surface area contributed by atoms with Crippen LogP contribution in [0.2, 0.25) is 0 Å². The number of nitrogens with zero attached hydrogens (tertiary/aromatic N) is 4. The fraction of sp³-hybridized carbons (Fsp3) is 0.333. The number of hydrogen-bond acceptors (Lipinski definition) is 7. The molecule has 1 aromatic carbocycles. The van der Waals surface area contributed by atoms with Gasteiger partial charge in [-0.2, -0.15) is 20.1 Å². The third-order valence-electron chi connectivity index (χ3n) is 2.73. The molecule has 7 heteroatoms. The van der Waals surface area contributed by atoms with Crippen molar-refractivity contribution in [3.8, 4) is 0 Å². The second kappa shape index (κ2) is 7.92. The van der Waals surface area contributed by atoms with E-state index in [1.54, 1.807) is 6.21 Å². The predicted octanol–water partition coefficient (Wildman–Crippen LogP) is 2.49. The largest absolute Gasteiger partial charge is 0.354 e. The van der Waals surface area contributed by atoms with Crippen molar-refractivity contribution >= 4 is 24.1 Å². The highest BCUT2D eigenvalue weighted by molar-refractivity contribution is 5.80. The van der Waals surface area contributed by atoms with Gasteiger partial charge in [0.2, 0.25) is 17.8 Å². The minimum atomic E-state index is 0.394. The van der Waals surface area contributed by atoms with Gasteiger partial charge in [-0.25, -0.2) is 5.43 Å². The molecule has 2 aromatic rings. The molecule has 0 unspecified atom stereocenters. The molecule has 0 aliphatic carbocycles. The van der Waals surface area contributed by atoms with Crippen molar-refractivity contribution < 1.29 is 0 Å². The van der Waals surface area contributed by atoms with Gasteiger partial charge in [-0.15, -0.1) is 0 Å². The fourth-order valence-electron chi connectivity index (χ4n) is 1.82. The van der Waals surface area contributed by atoms with Gasteiger partial charge < -0.3 is 10.6 Å².